The molecule has 0 spiro atoms. The first kappa shape index (κ1) is 19.0. The Balaban J connectivity index is 1.42. The summed E-state index contributed by atoms with van der Waals surface area (Å²) in [6.07, 6.45) is 0.0384. The number of fused-ring (bicyclic) bond motifs is 1. The number of hydrogen-bond donors (Lipinski definition) is 1. The van der Waals surface area contributed by atoms with Crippen molar-refractivity contribution in [3.8, 4) is 0 Å². The summed E-state index contributed by atoms with van der Waals surface area (Å²) in [4.78, 5) is 38.5. The maximum absolute atomic E-state index is 12.1. The smallest absolute Gasteiger partial charge is 0.308 e. The van der Waals surface area contributed by atoms with E-state index in [-0.39, 0.29) is 31.4 Å². The molecule has 0 aliphatic carbocycles. The zero-order valence-electron chi connectivity index (χ0n) is 14.7. The van der Waals surface area contributed by atoms with Gasteiger partial charge in [0.15, 0.2) is 6.61 Å². The van der Waals surface area contributed by atoms with Gasteiger partial charge in [0, 0.05) is 18.0 Å². The predicted octanol–water partition coefficient (Wildman–Crippen LogP) is 2.38. The van der Waals surface area contributed by atoms with Crippen molar-refractivity contribution in [2.75, 3.05) is 23.8 Å². The van der Waals surface area contributed by atoms with Crippen molar-refractivity contribution in [3.63, 3.8) is 0 Å². The van der Waals surface area contributed by atoms with Crippen molar-refractivity contribution >= 4 is 35.2 Å². The Labute approximate surface area is 161 Å². The molecule has 2 amide bonds. The van der Waals surface area contributed by atoms with E-state index in [9.17, 15) is 14.4 Å². The molecule has 0 bridgehead atoms. The van der Waals surface area contributed by atoms with Crippen LogP contribution in [0.1, 0.15) is 12.0 Å². The molecule has 0 saturated heterocycles. The molecule has 0 atom stereocenters. The van der Waals surface area contributed by atoms with Crippen LogP contribution in [0, 0.1) is 0 Å². The summed E-state index contributed by atoms with van der Waals surface area (Å²) in [6, 6.07) is 17.1. The highest BCUT2D eigenvalue weighted by atomic mass is 32.2. The fraction of sp³-hybridized carbons (Fsp3) is 0.250. The van der Waals surface area contributed by atoms with Crippen LogP contribution in [0.3, 0.4) is 0 Å². The van der Waals surface area contributed by atoms with E-state index in [0.29, 0.717) is 12.3 Å². The van der Waals surface area contributed by atoms with Gasteiger partial charge in [0.25, 0.3) is 5.91 Å². The first-order chi connectivity index (χ1) is 13.1. The van der Waals surface area contributed by atoms with Gasteiger partial charge in [0.05, 0.1) is 17.9 Å². The van der Waals surface area contributed by atoms with Crippen molar-refractivity contribution in [2.45, 2.75) is 17.9 Å². The highest BCUT2D eigenvalue weighted by molar-refractivity contribution is 8.00. The number of carbonyl (C=O) groups excluding carboxylic acids is 3. The molecule has 0 saturated carbocycles. The Hall–Kier alpha value is -2.80. The molecule has 27 heavy (non-hydrogen) atoms. The summed E-state index contributed by atoms with van der Waals surface area (Å²) in [5.74, 6) is -0.544. The number of esters is 1. The number of para-hydroxylation sites is 1. The van der Waals surface area contributed by atoms with E-state index >= 15 is 0 Å². The lowest BCUT2D eigenvalue weighted by Gasteiger charge is -2.28. The van der Waals surface area contributed by atoms with Crippen LogP contribution >= 0.6 is 11.8 Å². The summed E-state index contributed by atoms with van der Waals surface area (Å²) in [7, 11) is 0. The predicted molar refractivity (Wildman–Crippen MR) is 103 cm³/mol. The average Bonchev–Trinajstić information content (AvgIpc) is 2.70. The van der Waals surface area contributed by atoms with Crippen LogP contribution in [0.15, 0.2) is 59.5 Å². The van der Waals surface area contributed by atoms with Crippen LogP contribution in [0.2, 0.25) is 0 Å². The fourth-order valence-corrected chi connectivity index (χ4v) is 3.60. The normalized spacial score (nSPS) is 13.0. The van der Waals surface area contributed by atoms with Gasteiger partial charge in [-0.3, -0.25) is 14.4 Å². The van der Waals surface area contributed by atoms with Crippen LogP contribution in [0.5, 0.6) is 0 Å². The number of rotatable bonds is 7. The second kappa shape index (κ2) is 9.23. The molecular formula is C20H20N2O4S. The number of thioether (sulfide) groups is 1. The highest BCUT2D eigenvalue weighted by Gasteiger charge is 2.24. The minimum atomic E-state index is -0.506. The summed E-state index contributed by atoms with van der Waals surface area (Å²) in [5.41, 5.74) is 1.78. The quantitative estimate of drug-likeness (QED) is 0.742. The van der Waals surface area contributed by atoms with E-state index in [1.165, 1.54) is 11.8 Å². The standard InChI is InChI=1S/C20H20N2O4S/c23-18(21-12-15-6-2-1-3-7-15)13-26-20(25)10-11-22-16-8-4-5-9-17(16)27-14-19(22)24/h1-9H,10-14H2,(H,21,23). The molecule has 2 aromatic carbocycles. The molecule has 0 fully saturated rings. The summed E-state index contributed by atoms with van der Waals surface area (Å²) >= 11 is 1.49. The maximum atomic E-state index is 12.1. The van der Waals surface area contributed by atoms with Crippen molar-refractivity contribution < 1.29 is 19.1 Å². The van der Waals surface area contributed by atoms with E-state index in [2.05, 4.69) is 5.32 Å². The zero-order chi connectivity index (χ0) is 19.1. The number of carbonyl (C=O) groups is 3. The first-order valence-electron chi connectivity index (χ1n) is 8.62. The van der Waals surface area contributed by atoms with Gasteiger partial charge >= 0.3 is 5.97 Å². The van der Waals surface area contributed by atoms with E-state index in [1.54, 1.807) is 4.90 Å². The molecule has 0 radical (unpaired) electrons. The number of nitrogens with zero attached hydrogens (tertiary/aromatic N) is 1. The maximum Gasteiger partial charge on any atom is 0.308 e. The van der Waals surface area contributed by atoms with Crippen molar-refractivity contribution in [1.29, 1.82) is 0 Å². The number of nitrogens with one attached hydrogen (secondary N) is 1. The molecule has 1 heterocycles. The Bertz CT molecular complexity index is 826. The second-order valence-electron chi connectivity index (χ2n) is 5.97. The monoisotopic (exact) mass is 384 g/mol. The van der Waals surface area contributed by atoms with E-state index < -0.39 is 5.97 Å². The third-order valence-corrected chi connectivity index (χ3v) is 5.09. The molecule has 3 rings (SSSR count). The molecule has 0 unspecified atom stereocenters. The molecule has 1 aliphatic heterocycles. The van der Waals surface area contributed by atoms with E-state index in [0.717, 1.165) is 16.1 Å². The molecule has 7 heteroatoms. The van der Waals surface area contributed by atoms with Crippen molar-refractivity contribution in [3.05, 3.63) is 60.2 Å². The van der Waals surface area contributed by atoms with Crippen molar-refractivity contribution in [1.82, 2.24) is 5.32 Å². The Kier molecular flexibility index (Phi) is 6.49. The van der Waals surface area contributed by atoms with Gasteiger partial charge in [-0.1, -0.05) is 42.5 Å². The molecule has 1 aliphatic rings. The van der Waals surface area contributed by atoms with Gasteiger partial charge < -0.3 is 15.0 Å². The van der Waals surface area contributed by atoms with Gasteiger partial charge in [-0.2, -0.15) is 0 Å². The van der Waals surface area contributed by atoms with Gasteiger partial charge in [-0.05, 0) is 17.7 Å². The van der Waals surface area contributed by atoms with Crippen LogP contribution in [-0.2, 0) is 25.7 Å². The minimum Gasteiger partial charge on any atom is -0.456 e. The molecule has 1 N–H and O–H groups in total. The molecular weight excluding hydrogens is 364 g/mol. The average molecular weight is 384 g/mol. The number of anilines is 1. The minimum absolute atomic E-state index is 0.0351. The van der Waals surface area contributed by atoms with Gasteiger partial charge in [0.2, 0.25) is 5.91 Å². The number of ether oxygens (including phenoxy) is 1. The van der Waals surface area contributed by atoms with Gasteiger partial charge in [0.1, 0.15) is 0 Å². The molecule has 2 aromatic rings. The topological polar surface area (TPSA) is 75.7 Å². The fourth-order valence-electron chi connectivity index (χ4n) is 2.67. The molecule has 6 nitrogen and oxygen atoms in total. The lowest BCUT2D eigenvalue weighted by atomic mass is 10.2. The number of hydrogen-bond acceptors (Lipinski definition) is 5. The SMILES string of the molecule is O=C(COC(=O)CCN1C(=O)CSc2ccccc21)NCc1ccccc1. The lowest BCUT2D eigenvalue weighted by molar-refractivity contribution is -0.148. The molecule has 140 valence electrons. The first-order valence-corrected chi connectivity index (χ1v) is 9.60. The third-order valence-electron chi connectivity index (χ3n) is 4.04. The van der Waals surface area contributed by atoms with Crippen LogP contribution in [0.25, 0.3) is 0 Å². The highest BCUT2D eigenvalue weighted by Crippen LogP contribution is 2.34. The molecule has 0 aromatic heterocycles. The zero-order valence-corrected chi connectivity index (χ0v) is 15.5. The largest absolute Gasteiger partial charge is 0.456 e. The van der Waals surface area contributed by atoms with Crippen molar-refractivity contribution in [2.24, 2.45) is 0 Å². The van der Waals surface area contributed by atoms with E-state index in [4.69, 9.17) is 4.74 Å². The third kappa shape index (κ3) is 5.34. The Morgan fingerprint density at radius 2 is 1.81 bits per heavy atom. The summed E-state index contributed by atoms with van der Waals surface area (Å²) in [6.45, 7) is 0.293. The van der Waals surface area contributed by atoms with Gasteiger partial charge in [-0.25, -0.2) is 0 Å². The van der Waals surface area contributed by atoms with Crippen LogP contribution < -0.4 is 10.2 Å². The lowest BCUT2D eigenvalue weighted by Crippen LogP contribution is -2.37. The van der Waals surface area contributed by atoms with E-state index in [1.807, 2.05) is 54.6 Å². The summed E-state index contributed by atoms with van der Waals surface area (Å²) < 4.78 is 5.01. The van der Waals surface area contributed by atoms with Crippen LogP contribution in [0.4, 0.5) is 5.69 Å². The number of benzene rings is 2. The van der Waals surface area contributed by atoms with Crippen LogP contribution in [-0.4, -0.2) is 36.7 Å². The number of amides is 2. The summed E-state index contributed by atoms with van der Waals surface area (Å²) in [5, 5.41) is 2.70. The van der Waals surface area contributed by atoms with Gasteiger partial charge in [-0.15, -0.1) is 11.8 Å². The Morgan fingerprint density at radius 1 is 1.07 bits per heavy atom. The Morgan fingerprint density at radius 3 is 2.63 bits per heavy atom. The second-order valence-corrected chi connectivity index (χ2v) is 6.99.